The monoisotopic (exact) mass is 143 g/mol. The van der Waals surface area contributed by atoms with E-state index in [-0.39, 0.29) is 0 Å². The number of aliphatic hydroxyl groups excluding tert-OH is 1. The smallest absolute Gasteiger partial charge is 0.0620 e. The Bertz CT molecular complexity index is 133. The molecule has 1 rings (SSSR count). The third kappa shape index (κ3) is 1.48. The van der Waals surface area contributed by atoms with Crippen LogP contribution in [-0.4, -0.2) is 17.2 Å². The molecule has 0 aromatic rings. The van der Waals surface area contributed by atoms with Gasteiger partial charge in [0.1, 0.15) is 0 Å². The third-order valence-corrected chi connectivity index (χ3v) is 2.03. The van der Waals surface area contributed by atoms with Crippen molar-refractivity contribution in [1.82, 2.24) is 0 Å². The zero-order chi connectivity index (χ0) is 7.56. The van der Waals surface area contributed by atoms with Crippen molar-refractivity contribution in [2.45, 2.75) is 31.8 Å². The molecule has 0 radical (unpaired) electrons. The molecule has 10 heavy (non-hydrogen) atoms. The molecule has 0 aromatic carbocycles. The molecule has 1 N–H and O–H groups in total. The van der Waals surface area contributed by atoms with Crippen molar-refractivity contribution >= 4 is 5.97 Å². The van der Waals surface area contributed by atoms with Gasteiger partial charge in [0.2, 0.25) is 0 Å². The van der Waals surface area contributed by atoms with E-state index in [2.05, 4.69) is 0 Å². The minimum absolute atomic E-state index is 0.573. The average Bonchev–Trinajstić information content (AvgIpc) is 1.88. The lowest BCUT2D eigenvalue weighted by atomic mass is 9.87. The largest absolute Gasteiger partial charge is 0.550 e. The van der Waals surface area contributed by atoms with E-state index >= 15 is 0 Å². The highest BCUT2D eigenvalue weighted by Gasteiger charge is 2.23. The maximum Gasteiger partial charge on any atom is 0.0620 e. The molecule has 0 aromatic heterocycles. The standard InChI is InChI=1S/C7H12O3/c8-6-4-2-1-3-5(6)7(9)10/h5-6,8H,1-4H2,(H,9,10)/p-1/t5-,6-/m1/s1. The number of hydrogen-bond donors (Lipinski definition) is 1. The van der Waals surface area contributed by atoms with E-state index in [0.717, 1.165) is 12.8 Å². The maximum atomic E-state index is 10.3. The molecular weight excluding hydrogens is 132 g/mol. The van der Waals surface area contributed by atoms with Crippen molar-refractivity contribution in [1.29, 1.82) is 0 Å². The van der Waals surface area contributed by atoms with Crippen molar-refractivity contribution in [3.8, 4) is 0 Å². The van der Waals surface area contributed by atoms with Gasteiger partial charge in [0, 0.05) is 11.9 Å². The predicted molar refractivity (Wildman–Crippen MR) is 33.0 cm³/mol. The number of hydrogen-bond acceptors (Lipinski definition) is 3. The van der Waals surface area contributed by atoms with Gasteiger partial charge in [-0.1, -0.05) is 12.8 Å². The van der Waals surface area contributed by atoms with Crippen LogP contribution in [0.25, 0.3) is 0 Å². The summed E-state index contributed by atoms with van der Waals surface area (Å²) >= 11 is 0. The fraction of sp³-hybridized carbons (Fsp3) is 0.857. The number of aliphatic hydroxyl groups is 1. The molecule has 1 fully saturated rings. The second-order valence-corrected chi connectivity index (χ2v) is 2.78. The molecule has 0 bridgehead atoms. The maximum absolute atomic E-state index is 10.3. The zero-order valence-electron chi connectivity index (χ0n) is 5.75. The van der Waals surface area contributed by atoms with Crippen LogP contribution in [0.2, 0.25) is 0 Å². The van der Waals surface area contributed by atoms with Gasteiger partial charge in [-0.3, -0.25) is 0 Å². The minimum Gasteiger partial charge on any atom is -0.550 e. The first-order valence-corrected chi connectivity index (χ1v) is 3.60. The lowest BCUT2D eigenvalue weighted by Crippen LogP contribution is -2.40. The molecule has 2 atom stereocenters. The summed E-state index contributed by atoms with van der Waals surface area (Å²) in [5.41, 5.74) is 0. The van der Waals surface area contributed by atoms with Gasteiger partial charge in [-0.05, 0) is 12.8 Å². The summed E-state index contributed by atoms with van der Waals surface area (Å²) in [6.07, 6.45) is 2.35. The van der Waals surface area contributed by atoms with Gasteiger partial charge >= 0.3 is 0 Å². The Morgan fingerprint density at radius 3 is 2.40 bits per heavy atom. The van der Waals surface area contributed by atoms with Crippen LogP contribution < -0.4 is 5.11 Å². The molecule has 0 unspecified atom stereocenters. The summed E-state index contributed by atoms with van der Waals surface area (Å²) in [5, 5.41) is 19.4. The molecule has 0 heterocycles. The van der Waals surface area contributed by atoms with E-state index < -0.39 is 18.0 Å². The second kappa shape index (κ2) is 3.01. The number of aliphatic carboxylic acids is 1. The molecule has 3 heteroatoms. The van der Waals surface area contributed by atoms with Crippen molar-refractivity contribution in [3.05, 3.63) is 0 Å². The Labute approximate surface area is 59.7 Å². The van der Waals surface area contributed by atoms with E-state index in [1.807, 2.05) is 0 Å². The van der Waals surface area contributed by atoms with Crippen LogP contribution in [0.15, 0.2) is 0 Å². The van der Waals surface area contributed by atoms with Crippen LogP contribution in [0, 0.1) is 5.92 Å². The molecule has 1 aliphatic carbocycles. The molecule has 0 aliphatic heterocycles. The Hall–Kier alpha value is -0.570. The van der Waals surface area contributed by atoms with Gasteiger partial charge in [-0.15, -0.1) is 0 Å². The van der Waals surface area contributed by atoms with Crippen molar-refractivity contribution < 1.29 is 15.0 Å². The molecule has 1 saturated carbocycles. The van der Waals surface area contributed by atoms with Crippen LogP contribution in [-0.2, 0) is 4.79 Å². The van der Waals surface area contributed by atoms with Crippen molar-refractivity contribution in [2.24, 2.45) is 5.92 Å². The second-order valence-electron chi connectivity index (χ2n) is 2.78. The van der Waals surface area contributed by atoms with Crippen molar-refractivity contribution in [2.75, 3.05) is 0 Å². The summed E-state index contributed by atoms with van der Waals surface area (Å²) in [6, 6.07) is 0. The van der Waals surface area contributed by atoms with Crippen LogP contribution in [0.1, 0.15) is 25.7 Å². The van der Waals surface area contributed by atoms with Crippen LogP contribution >= 0.6 is 0 Å². The van der Waals surface area contributed by atoms with Gasteiger partial charge in [0.15, 0.2) is 0 Å². The number of rotatable bonds is 1. The molecule has 0 spiro atoms. The van der Waals surface area contributed by atoms with Gasteiger partial charge in [-0.25, -0.2) is 0 Å². The Morgan fingerprint density at radius 2 is 2.00 bits per heavy atom. The van der Waals surface area contributed by atoms with Gasteiger partial charge < -0.3 is 15.0 Å². The minimum atomic E-state index is -1.10. The first-order valence-electron chi connectivity index (χ1n) is 3.60. The average molecular weight is 143 g/mol. The molecule has 0 saturated heterocycles. The first kappa shape index (κ1) is 7.54. The number of carboxylic acid groups (broad SMARTS) is 1. The van der Waals surface area contributed by atoms with Crippen molar-refractivity contribution in [3.63, 3.8) is 0 Å². The molecular formula is C7H11O3-. The lowest BCUT2D eigenvalue weighted by Gasteiger charge is -2.27. The molecule has 58 valence electrons. The molecule has 1 aliphatic rings. The van der Waals surface area contributed by atoms with E-state index in [4.69, 9.17) is 5.11 Å². The normalized spacial score (nSPS) is 33.7. The summed E-state index contributed by atoms with van der Waals surface area (Å²) in [4.78, 5) is 10.3. The summed E-state index contributed by atoms with van der Waals surface area (Å²) < 4.78 is 0. The Kier molecular flexibility index (Phi) is 2.27. The number of carboxylic acids is 1. The SMILES string of the molecule is O=C([O-])[C@@H]1CCCC[C@H]1O. The highest BCUT2D eigenvalue weighted by molar-refractivity contribution is 5.68. The van der Waals surface area contributed by atoms with Gasteiger partial charge in [0.25, 0.3) is 0 Å². The highest BCUT2D eigenvalue weighted by Crippen LogP contribution is 2.23. The molecule has 3 nitrogen and oxygen atoms in total. The summed E-state index contributed by atoms with van der Waals surface area (Å²) in [7, 11) is 0. The predicted octanol–water partition coefficient (Wildman–Crippen LogP) is -0.713. The van der Waals surface area contributed by atoms with Gasteiger partial charge in [-0.2, -0.15) is 0 Å². The van der Waals surface area contributed by atoms with Crippen LogP contribution in [0.3, 0.4) is 0 Å². The lowest BCUT2D eigenvalue weighted by molar-refractivity contribution is -0.315. The quantitative estimate of drug-likeness (QED) is 0.527. The number of carbonyl (C=O) groups is 1. The fourth-order valence-electron chi connectivity index (χ4n) is 1.39. The van der Waals surface area contributed by atoms with Crippen LogP contribution in [0.4, 0.5) is 0 Å². The fourth-order valence-corrected chi connectivity index (χ4v) is 1.39. The Balaban J connectivity index is 2.47. The zero-order valence-corrected chi connectivity index (χ0v) is 5.75. The number of carbonyl (C=O) groups excluding carboxylic acids is 1. The van der Waals surface area contributed by atoms with E-state index in [1.54, 1.807) is 0 Å². The first-order chi connectivity index (χ1) is 4.72. The Morgan fingerprint density at radius 1 is 1.40 bits per heavy atom. The van der Waals surface area contributed by atoms with Gasteiger partial charge in [0.05, 0.1) is 6.10 Å². The van der Waals surface area contributed by atoms with E-state index in [0.29, 0.717) is 12.8 Å². The van der Waals surface area contributed by atoms with Crippen LogP contribution in [0.5, 0.6) is 0 Å². The summed E-state index contributed by atoms with van der Waals surface area (Å²) in [6.45, 7) is 0. The summed E-state index contributed by atoms with van der Waals surface area (Å²) in [5.74, 6) is -1.72. The topological polar surface area (TPSA) is 60.4 Å². The van der Waals surface area contributed by atoms with E-state index in [9.17, 15) is 9.90 Å². The van der Waals surface area contributed by atoms with E-state index in [1.165, 1.54) is 0 Å². The third-order valence-electron chi connectivity index (χ3n) is 2.03. The highest BCUT2D eigenvalue weighted by atomic mass is 16.4. The molecule has 0 amide bonds.